The van der Waals surface area contributed by atoms with E-state index < -0.39 is 27.6 Å². The molecule has 0 saturated carbocycles. The molecule has 11 nitrogen and oxygen atoms in total. The summed E-state index contributed by atoms with van der Waals surface area (Å²) in [6.45, 7) is -0.160. The van der Waals surface area contributed by atoms with Gasteiger partial charge in [-0.15, -0.1) is 5.10 Å². The van der Waals surface area contributed by atoms with Gasteiger partial charge in [0.1, 0.15) is 23.1 Å². The van der Waals surface area contributed by atoms with E-state index in [9.17, 15) is 23.1 Å². The van der Waals surface area contributed by atoms with Gasteiger partial charge in [-0.3, -0.25) is 9.10 Å². The van der Waals surface area contributed by atoms with Crippen molar-refractivity contribution in [2.45, 2.75) is 19.0 Å². The minimum atomic E-state index is -3.96. The third kappa shape index (κ3) is 4.80. The average Bonchev–Trinajstić information content (AvgIpc) is 2.76. The van der Waals surface area contributed by atoms with Crippen LogP contribution in [-0.4, -0.2) is 61.0 Å². The van der Waals surface area contributed by atoms with Crippen molar-refractivity contribution >= 4 is 32.6 Å². The Labute approximate surface area is 183 Å². The van der Waals surface area contributed by atoms with Crippen LogP contribution in [0.1, 0.15) is 6.42 Å². The quantitative estimate of drug-likeness (QED) is 0.495. The van der Waals surface area contributed by atoms with Gasteiger partial charge in [0.15, 0.2) is 0 Å². The van der Waals surface area contributed by atoms with Gasteiger partial charge in [-0.1, -0.05) is 5.21 Å². The highest BCUT2D eigenvalue weighted by Gasteiger charge is 2.32. The van der Waals surface area contributed by atoms with Gasteiger partial charge in [-0.2, -0.15) is 0 Å². The molecule has 3 aromatic rings. The summed E-state index contributed by atoms with van der Waals surface area (Å²) in [5, 5.41) is 17.9. The maximum absolute atomic E-state index is 12.7. The Morgan fingerprint density at radius 3 is 2.31 bits per heavy atom. The number of carboxylic acids is 1. The Morgan fingerprint density at radius 1 is 1.12 bits per heavy atom. The van der Waals surface area contributed by atoms with Crippen molar-refractivity contribution in [1.82, 2.24) is 15.0 Å². The molecule has 1 aromatic heterocycles. The molecule has 0 bridgehead atoms. The largest absolute Gasteiger partial charge is 0.497 e. The van der Waals surface area contributed by atoms with Gasteiger partial charge in [-0.25, -0.2) is 17.9 Å². The molecule has 0 saturated heterocycles. The molecule has 0 aliphatic heterocycles. The van der Waals surface area contributed by atoms with E-state index in [1.165, 1.54) is 44.6 Å². The fourth-order valence-corrected chi connectivity index (χ4v) is 4.41. The molecular formula is C20H22N4O7S. The number of carboxylic acid groups (broad SMARTS) is 1. The van der Waals surface area contributed by atoms with Crippen molar-refractivity contribution in [3.63, 3.8) is 0 Å². The molecule has 0 fully saturated rings. The molecule has 0 amide bonds. The molecular weight excluding hydrogens is 440 g/mol. The van der Waals surface area contributed by atoms with E-state index in [1.807, 2.05) is 0 Å². The minimum absolute atomic E-state index is 0.157. The lowest BCUT2D eigenvalue weighted by Crippen LogP contribution is -2.46. The second-order valence-corrected chi connectivity index (χ2v) is 8.76. The first-order chi connectivity index (χ1) is 15.2. The van der Waals surface area contributed by atoms with Gasteiger partial charge in [0.2, 0.25) is 10.0 Å². The molecule has 2 aromatic carbocycles. The van der Waals surface area contributed by atoms with Crippen LogP contribution in [0.3, 0.4) is 0 Å². The number of rotatable bonds is 9. The zero-order valence-corrected chi connectivity index (χ0v) is 18.4. The fraction of sp³-hybridized carbons (Fsp3) is 0.300. The molecule has 1 heterocycles. The summed E-state index contributed by atoms with van der Waals surface area (Å²) in [6, 6.07) is 9.18. The zero-order valence-electron chi connectivity index (χ0n) is 17.6. The lowest BCUT2D eigenvalue weighted by molar-refractivity contribution is -0.138. The number of aromatic nitrogens is 3. The van der Waals surface area contributed by atoms with E-state index >= 15 is 0 Å². The molecule has 0 aliphatic rings. The van der Waals surface area contributed by atoms with Gasteiger partial charge in [0, 0.05) is 12.6 Å². The van der Waals surface area contributed by atoms with Crippen molar-refractivity contribution in [2.24, 2.45) is 0 Å². The van der Waals surface area contributed by atoms with E-state index in [4.69, 9.17) is 9.47 Å². The van der Waals surface area contributed by atoms with E-state index in [1.54, 1.807) is 12.1 Å². The van der Waals surface area contributed by atoms with Crippen molar-refractivity contribution < 1.29 is 27.8 Å². The summed E-state index contributed by atoms with van der Waals surface area (Å²) in [5.41, 5.74) is 0.0123. The van der Waals surface area contributed by atoms with Crippen LogP contribution < -0.4 is 19.3 Å². The third-order valence-electron chi connectivity index (χ3n) is 4.80. The molecule has 0 spiro atoms. The maximum atomic E-state index is 12.7. The summed E-state index contributed by atoms with van der Waals surface area (Å²) in [6.07, 6.45) is 0.702. The van der Waals surface area contributed by atoms with Gasteiger partial charge in [-0.05, 0) is 42.8 Å². The van der Waals surface area contributed by atoms with Crippen LogP contribution in [0.15, 0.2) is 47.3 Å². The molecule has 1 N–H and O–H groups in total. The molecule has 32 heavy (non-hydrogen) atoms. The fourth-order valence-electron chi connectivity index (χ4n) is 3.25. The number of methoxy groups -OCH3 is 2. The van der Waals surface area contributed by atoms with Crippen LogP contribution in [0.4, 0.5) is 5.69 Å². The lowest BCUT2D eigenvalue weighted by Gasteiger charge is -2.29. The van der Waals surface area contributed by atoms with Gasteiger partial charge < -0.3 is 14.6 Å². The van der Waals surface area contributed by atoms with Crippen LogP contribution in [0.5, 0.6) is 11.5 Å². The minimum Gasteiger partial charge on any atom is -0.497 e. The normalized spacial score (nSPS) is 12.3. The number of carbonyl (C=O) groups is 1. The summed E-state index contributed by atoms with van der Waals surface area (Å²) in [5.74, 6) is -0.361. The Hall–Kier alpha value is -3.67. The van der Waals surface area contributed by atoms with E-state index in [2.05, 4.69) is 10.3 Å². The Kier molecular flexibility index (Phi) is 6.63. The summed E-state index contributed by atoms with van der Waals surface area (Å²) >= 11 is 0. The topological polar surface area (TPSA) is 141 Å². The van der Waals surface area contributed by atoms with Gasteiger partial charge in [0.25, 0.3) is 5.56 Å². The highest BCUT2D eigenvalue weighted by atomic mass is 32.2. The van der Waals surface area contributed by atoms with E-state index in [0.717, 1.165) is 15.2 Å². The summed E-state index contributed by atoms with van der Waals surface area (Å²) < 4.78 is 36.9. The van der Waals surface area contributed by atoms with E-state index in [-0.39, 0.29) is 24.0 Å². The number of sulfonamides is 1. The van der Waals surface area contributed by atoms with Gasteiger partial charge >= 0.3 is 5.97 Å². The van der Waals surface area contributed by atoms with E-state index in [0.29, 0.717) is 17.0 Å². The summed E-state index contributed by atoms with van der Waals surface area (Å²) in [4.78, 5) is 24.7. The molecule has 1 unspecified atom stereocenters. The summed E-state index contributed by atoms with van der Waals surface area (Å²) in [7, 11) is -1.02. The zero-order chi connectivity index (χ0) is 23.5. The first kappa shape index (κ1) is 23.0. The number of hydrogen-bond acceptors (Lipinski definition) is 8. The highest BCUT2D eigenvalue weighted by molar-refractivity contribution is 7.92. The number of anilines is 1. The van der Waals surface area contributed by atoms with Crippen LogP contribution in [-0.2, 0) is 21.4 Å². The molecule has 12 heteroatoms. The van der Waals surface area contributed by atoms with Crippen LogP contribution in [0.2, 0.25) is 0 Å². The monoisotopic (exact) mass is 462 g/mol. The number of fused-ring (bicyclic) bond motifs is 1. The van der Waals surface area contributed by atoms with Crippen LogP contribution in [0.25, 0.3) is 10.9 Å². The number of ether oxygens (including phenoxy) is 2. The van der Waals surface area contributed by atoms with Crippen LogP contribution in [0, 0.1) is 0 Å². The first-order valence-electron chi connectivity index (χ1n) is 9.43. The van der Waals surface area contributed by atoms with Crippen molar-refractivity contribution in [1.29, 1.82) is 0 Å². The molecule has 170 valence electrons. The van der Waals surface area contributed by atoms with Crippen LogP contribution >= 0.6 is 0 Å². The predicted molar refractivity (Wildman–Crippen MR) is 117 cm³/mol. The highest BCUT2D eigenvalue weighted by Crippen LogP contribution is 2.25. The number of benzene rings is 2. The second kappa shape index (κ2) is 9.22. The molecule has 0 radical (unpaired) electrons. The SMILES string of the molecule is COc1ccc(N(C(CCn2nnc3cc(OC)ccc3c2=O)C(=O)O)S(C)(=O)=O)cc1. The third-order valence-corrected chi connectivity index (χ3v) is 5.98. The van der Waals surface area contributed by atoms with Gasteiger partial charge in [0.05, 0.1) is 31.5 Å². The number of aliphatic carboxylic acids is 1. The standard InChI is InChI=1S/C20H22N4O7S/c1-30-14-6-4-13(5-7-14)24(32(3,28)29)18(20(26)27)10-11-23-19(25)16-9-8-15(31-2)12-17(16)21-22-23/h4-9,12,18H,10-11H2,1-3H3,(H,26,27). The number of nitrogens with zero attached hydrogens (tertiary/aromatic N) is 4. The predicted octanol–water partition coefficient (Wildman–Crippen LogP) is 1.12. The average molecular weight is 462 g/mol. The molecule has 0 aliphatic carbocycles. The molecule has 3 rings (SSSR count). The number of aryl methyl sites for hydroxylation is 1. The van der Waals surface area contributed by atoms with Crippen molar-refractivity contribution in [3.8, 4) is 11.5 Å². The molecule has 1 atom stereocenters. The maximum Gasteiger partial charge on any atom is 0.327 e. The smallest absolute Gasteiger partial charge is 0.327 e. The Bertz CT molecular complexity index is 1290. The second-order valence-electron chi connectivity index (χ2n) is 6.90. The Balaban J connectivity index is 1.93. The number of hydrogen-bond donors (Lipinski definition) is 1. The Morgan fingerprint density at radius 2 is 1.75 bits per heavy atom. The van der Waals surface area contributed by atoms with Crippen molar-refractivity contribution in [3.05, 3.63) is 52.8 Å². The van der Waals surface area contributed by atoms with Crippen molar-refractivity contribution in [2.75, 3.05) is 24.8 Å². The first-order valence-corrected chi connectivity index (χ1v) is 11.3. The lowest BCUT2D eigenvalue weighted by atomic mass is 10.2.